The topological polar surface area (TPSA) is 63.4 Å². The third-order valence-electron chi connectivity index (χ3n) is 2.62. The molecule has 1 rings (SSSR count). The summed E-state index contributed by atoms with van der Waals surface area (Å²) in [7, 11) is -9.70. The maximum Gasteiger partial charge on any atom is 0.311 e. The van der Waals surface area contributed by atoms with Gasteiger partial charge < -0.3 is 10.6 Å². The normalized spacial score (nSPS) is 15.0. The molecule has 0 aliphatic heterocycles. The highest BCUT2D eigenvalue weighted by molar-refractivity contribution is 8.45. The lowest BCUT2D eigenvalue weighted by molar-refractivity contribution is -0.144. The lowest BCUT2D eigenvalue weighted by Crippen LogP contribution is -2.39. The number of carbonyl (C=O) groups excluding carboxylic acids is 2. The van der Waals surface area contributed by atoms with Gasteiger partial charge in [-0.05, 0) is 24.6 Å². The first kappa shape index (κ1) is 17.2. The molecule has 4 nitrogen and oxygen atoms in total. The maximum atomic E-state index is 12.5. The summed E-state index contributed by atoms with van der Waals surface area (Å²) in [6.45, 7) is 1.41. The molecule has 0 heterocycles. The van der Waals surface area contributed by atoms with Gasteiger partial charge in [0.25, 0.3) is 0 Å². The minimum Gasteiger partial charge on any atom is -0.361 e. The van der Waals surface area contributed by atoms with E-state index in [0.29, 0.717) is 0 Å². The molecule has 0 saturated heterocycles. The molecule has 0 aromatic heterocycles. The smallest absolute Gasteiger partial charge is 0.311 e. The molecule has 2 amide bonds. The average molecular weight is 332 g/mol. The van der Waals surface area contributed by atoms with Gasteiger partial charge in [0.1, 0.15) is 4.90 Å². The van der Waals surface area contributed by atoms with E-state index >= 15 is 0 Å². The Morgan fingerprint density at radius 1 is 1.10 bits per heavy atom. The molecule has 120 valence electrons. The van der Waals surface area contributed by atoms with Gasteiger partial charge in [-0.3, -0.25) is 9.59 Å². The van der Waals surface area contributed by atoms with Crippen molar-refractivity contribution < 1.29 is 29.0 Å². The van der Waals surface area contributed by atoms with E-state index in [9.17, 15) is 29.0 Å². The number of nitrogens with two attached hydrogens (primary N) is 1. The van der Waals surface area contributed by atoms with Gasteiger partial charge in [-0.2, -0.15) is 0 Å². The number of benzene rings is 1. The summed E-state index contributed by atoms with van der Waals surface area (Å²) in [5.74, 6) is -2.21. The predicted molar refractivity (Wildman–Crippen MR) is 68.1 cm³/mol. The average Bonchev–Trinajstić information content (AvgIpc) is 2.32. The summed E-state index contributed by atoms with van der Waals surface area (Å²) < 4.78 is 62.6. The molecule has 2 N–H and O–H groups in total. The van der Waals surface area contributed by atoms with Gasteiger partial charge in [-0.1, -0.05) is 31.6 Å². The molecule has 0 radical (unpaired) electrons. The molecule has 21 heavy (non-hydrogen) atoms. The minimum absolute atomic E-state index is 0.0884. The van der Waals surface area contributed by atoms with E-state index in [1.807, 2.05) is 0 Å². The first-order valence-electron chi connectivity index (χ1n) is 5.66. The van der Waals surface area contributed by atoms with Crippen LogP contribution in [0.4, 0.5) is 19.4 Å². The van der Waals surface area contributed by atoms with Gasteiger partial charge in [0, 0.05) is 13.1 Å². The predicted octanol–water partition coefficient (Wildman–Crippen LogP) is 3.18. The third kappa shape index (κ3) is 4.59. The number of primary amides is 1. The van der Waals surface area contributed by atoms with E-state index in [4.69, 9.17) is 5.73 Å². The highest BCUT2D eigenvalue weighted by Gasteiger charge is 2.65. The van der Waals surface area contributed by atoms with Crippen LogP contribution >= 0.6 is 10.2 Å². The number of carbonyl (C=O) groups is 2. The number of halogens is 5. The Morgan fingerprint density at radius 3 is 1.90 bits per heavy atom. The minimum atomic E-state index is -9.70. The van der Waals surface area contributed by atoms with Crippen molar-refractivity contribution in [3.63, 3.8) is 0 Å². The highest BCUT2D eigenvalue weighted by atomic mass is 32.5. The van der Waals surface area contributed by atoms with E-state index in [0.717, 1.165) is 17.0 Å². The summed E-state index contributed by atoms with van der Waals surface area (Å²) in [5.41, 5.74) is 4.97. The van der Waals surface area contributed by atoms with Crippen molar-refractivity contribution in [2.75, 3.05) is 6.54 Å². The summed E-state index contributed by atoms with van der Waals surface area (Å²) in [4.78, 5) is 21.1. The van der Waals surface area contributed by atoms with Gasteiger partial charge in [-0.15, -0.1) is 0 Å². The molecule has 0 aliphatic rings. The SMILES string of the molecule is CCN(Cc1ccc(S(F)(F)(F)(F)F)cc1)C(=O)C(N)=O. The number of nitrogens with zero attached hydrogens (tertiary/aromatic N) is 1. The monoisotopic (exact) mass is 332 g/mol. The Labute approximate surface area is 117 Å². The second-order valence-electron chi connectivity index (χ2n) is 4.30. The molecule has 0 unspecified atom stereocenters. The van der Waals surface area contributed by atoms with Crippen molar-refractivity contribution in [2.45, 2.75) is 18.4 Å². The number of likely N-dealkylation sites (N-methyl/N-ethyl adjacent to an activating group) is 1. The largest absolute Gasteiger partial charge is 0.361 e. The van der Waals surface area contributed by atoms with E-state index in [2.05, 4.69) is 0 Å². The summed E-state index contributed by atoms with van der Waals surface area (Å²) >= 11 is 0. The van der Waals surface area contributed by atoms with E-state index < -0.39 is 26.9 Å². The lowest BCUT2D eigenvalue weighted by Gasteiger charge is -2.40. The van der Waals surface area contributed by atoms with Crippen molar-refractivity contribution in [1.82, 2.24) is 4.90 Å². The summed E-state index contributed by atoms with van der Waals surface area (Å²) in [5, 5.41) is 0. The fraction of sp³-hybridized carbons (Fsp3) is 0.273. The first-order valence-corrected chi connectivity index (χ1v) is 7.61. The van der Waals surface area contributed by atoms with Crippen molar-refractivity contribution in [2.24, 2.45) is 5.73 Å². The van der Waals surface area contributed by atoms with Gasteiger partial charge in [0.05, 0.1) is 0 Å². The van der Waals surface area contributed by atoms with Gasteiger partial charge in [0.15, 0.2) is 0 Å². The van der Waals surface area contributed by atoms with Gasteiger partial charge in [0.2, 0.25) is 0 Å². The van der Waals surface area contributed by atoms with E-state index in [-0.39, 0.29) is 30.8 Å². The molecule has 0 aliphatic carbocycles. The Morgan fingerprint density at radius 2 is 1.57 bits per heavy atom. The number of hydrogen-bond donors (Lipinski definition) is 1. The van der Waals surface area contributed by atoms with Crippen LogP contribution in [0.2, 0.25) is 0 Å². The van der Waals surface area contributed by atoms with Crippen LogP contribution in [0.15, 0.2) is 29.2 Å². The van der Waals surface area contributed by atoms with Crippen LogP contribution < -0.4 is 5.73 Å². The Kier molecular flexibility index (Phi) is 3.76. The summed E-state index contributed by atoms with van der Waals surface area (Å²) in [6, 6.07) is 2.15. The van der Waals surface area contributed by atoms with Crippen LogP contribution in [0.3, 0.4) is 0 Å². The van der Waals surface area contributed by atoms with E-state index in [1.165, 1.54) is 6.92 Å². The zero-order chi connectivity index (χ0) is 16.5. The van der Waals surface area contributed by atoms with Crippen molar-refractivity contribution in [3.05, 3.63) is 29.8 Å². The van der Waals surface area contributed by atoms with E-state index in [1.54, 1.807) is 0 Å². The van der Waals surface area contributed by atoms with Crippen LogP contribution in [-0.2, 0) is 16.1 Å². The summed E-state index contributed by atoms with van der Waals surface area (Å²) in [6.07, 6.45) is 0. The second-order valence-corrected chi connectivity index (χ2v) is 6.71. The second kappa shape index (κ2) is 4.58. The zero-order valence-corrected chi connectivity index (χ0v) is 11.7. The molecule has 1 aromatic carbocycles. The fourth-order valence-corrected chi connectivity index (χ4v) is 2.21. The third-order valence-corrected chi connectivity index (χ3v) is 3.78. The molecule has 0 saturated carbocycles. The van der Waals surface area contributed by atoms with Crippen LogP contribution in [0, 0.1) is 0 Å². The van der Waals surface area contributed by atoms with Gasteiger partial charge >= 0.3 is 22.0 Å². The van der Waals surface area contributed by atoms with Crippen LogP contribution in [0.5, 0.6) is 0 Å². The molecular formula is C11H13F5N2O2S. The molecular weight excluding hydrogens is 319 g/mol. The van der Waals surface area contributed by atoms with Crippen molar-refractivity contribution in [3.8, 4) is 0 Å². The van der Waals surface area contributed by atoms with Crippen LogP contribution in [-0.4, -0.2) is 23.3 Å². The Hall–Kier alpha value is -1.84. The Bertz CT molecular complexity index is 570. The lowest BCUT2D eigenvalue weighted by atomic mass is 10.2. The number of amides is 2. The maximum absolute atomic E-state index is 12.5. The standard InChI is InChI=1S/C11H13F5N2O2S/c1-2-18(11(20)10(17)19)7-8-3-5-9(6-4-8)21(12,13,14,15)16/h3-6H,2,7H2,1H3,(H2,17,19). The van der Waals surface area contributed by atoms with Gasteiger partial charge in [-0.25, -0.2) is 0 Å². The van der Waals surface area contributed by atoms with Crippen molar-refractivity contribution >= 4 is 22.0 Å². The Balaban J connectivity index is 3.00. The molecule has 0 atom stereocenters. The zero-order valence-electron chi connectivity index (χ0n) is 10.9. The molecule has 10 heteroatoms. The van der Waals surface area contributed by atoms with Crippen LogP contribution in [0.25, 0.3) is 0 Å². The number of rotatable bonds is 4. The molecule has 1 aromatic rings. The van der Waals surface area contributed by atoms with Crippen molar-refractivity contribution in [1.29, 1.82) is 0 Å². The molecule has 0 fully saturated rings. The first-order chi connectivity index (χ1) is 9.24. The molecule has 0 spiro atoms. The molecule has 0 bridgehead atoms. The van der Waals surface area contributed by atoms with Crippen LogP contribution in [0.1, 0.15) is 12.5 Å². The quantitative estimate of drug-likeness (QED) is 0.680. The fourth-order valence-electron chi connectivity index (χ4n) is 1.56. The highest BCUT2D eigenvalue weighted by Crippen LogP contribution is 3.02. The number of hydrogen-bond acceptors (Lipinski definition) is 2.